The molecule has 2 rings (SSSR count). The van der Waals surface area contributed by atoms with Crippen LogP contribution in [0, 0.1) is 0 Å². The van der Waals surface area contributed by atoms with Crippen LogP contribution in [0.4, 0.5) is 5.69 Å². The van der Waals surface area contributed by atoms with E-state index in [9.17, 15) is 4.79 Å². The highest BCUT2D eigenvalue weighted by Gasteiger charge is 2.21. The standard InChI is InChI=1S/C14H22N4O2/c1-15-12-3-4-16-13(11-12)14(20)18-6-2-5-17(7-8-18)9-10-19/h3-4,11,19H,2,5-10H2,1H3,(H,15,16). The Morgan fingerprint density at radius 1 is 1.40 bits per heavy atom. The van der Waals surface area contributed by atoms with Crippen molar-refractivity contribution in [2.24, 2.45) is 0 Å². The van der Waals surface area contributed by atoms with Gasteiger partial charge in [-0.1, -0.05) is 0 Å². The van der Waals surface area contributed by atoms with Crippen LogP contribution >= 0.6 is 0 Å². The van der Waals surface area contributed by atoms with Gasteiger partial charge in [0.1, 0.15) is 5.69 Å². The second kappa shape index (κ2) is 7.21. The first-order valence-corrected chi connectivity index (χ1v) is 7.01. The summed E-state index contributed by atoms with van der Waals surface area (Å²) in [4.78, 5) is 20.6. The molecule has 2 N–H and O–H groups in total. The van der Waals surface area contributed by atoms with Crippen molar-refractivity contribution in [3.63, 3.8) is 0 Å². The largest absolute Gasteiger partial charge is 0.395 e. The van der Waals surface area contributed by atoms with Crippen LogP contribution in [0.2, 0.25) is 0 Å². The van der Waals surface area contributed by atoms with Crippen molar-refractivity contribution < 1.29 is 9.90 Å². The summed E-state index contributed by atoms with van der Waals surface area (Å²) in [5, 5.41) is 12.0. The lowest BCUT2D eigenvalue weighted by Gasteiger charge is -2.21. The Kier molecular flexibility index (Phi) is 5.31. The molecular weight excluding hydrogens is 256 g/mol. The molecule has 1 fully saturated rings. The third-order valence-electron chi connectivity index (χ3n) is 3.56. The molecule has 0 aromatic carbocycles. The van der Waals surface area contributed by atoms with Crippen LogP contribution in [0.15, 0.2) is 18.3 Å². The smallest absolute Gasteiger partial charge is 0.272 e. The predicted octanol–water partition coefficient (Wildman–Crippen LogP) is 0.264. The van der Waals surface area contributed by atoms with Gasteiger partial charge in [-0.3, -0.25) is 14.7 Å². The molecular formula is C14H22N4O2. The zero-order valence-corrected chi connectivity index (χ0v) is 11.9. The van der Waals surface area contributed by atoms with Crippen molar-refractivity contribution in [1.29, 1.82) is 0 Å². The molecule has 1 aromatic heterocycles. The highest BCUT2D eigenvalue weighted by Crippen LogP contribution is 2.11. The average Bonchev–Trinajstić information content (AvgIpc) is 2.73. The molecule has 6 nitrogen and oxygen atoms in total. The van der Waals surface area contributed by atoms with E-state index in [1.807, 2.05) is 18.0 Å². The topological polar surface area (TPSA) is 68.7 Å². The van der Waals surface area contributed by atoms with Gasteiger partial charge in [0.2, 0.25) is 0 Å². The summed E-state index contributed by atoms with van der Waals surface area (Å²) in [5.74, 6) is -0.0204. The van der Waals surface area contributed by atoms with Crippen LogP contribution in [0.1, 0.15) is 16.9 Å². The maximum absolute atomic E-state index is 12.5. The average molecular weight is 278 g/mol. The van der Waals surface area contributed by atoms with Gasteiger partial charge in [0.05, 0.1) is 6.61 Å². The number of aliphatic hydroxyl groups is 1. The summed E-state index contributed by atoms with van der Waals surface area (Å²) in [5.41, 5.74) is 1.37. The van der Waals surface area contributed by atoms with E-state index in [2.05, 4.69) is 15.2 Å². The lowest BCUT2D eigenvalue weighted by atomic mass is 10.2. The fraction of sp³-hybridized carbons (Fsp3) is 0.571. The number of carbonyl (C=O) groups excluding carboxylic acids is 1. The SMILES string of the molecule is CNc1ccnc(C(=O)N2CCCN(CCO)CC2)c1. The molecule has 0 saturated carbocycles. The van der Waals surface area contributed by atoms with Gasteiger partial charge < -0.3 is 15.3 Å². The number of aromatic nitrogens is 1. The summed E-state index contributed by atoms with van der Waals surface area (Å²) in [6, 6.07) is 3.61. The van der Waals surface area contributed by atoms with E-state index in [0.29, 0.717) is 18.8 Å². The van der Waals surface area contributed by atoms with Crippen molar-refractivity contribution in [3.05, 3.63) is 24.0 Å². The van der Waals surface area contributed by atoms with Gasteiger partial charge >= 0.3 is 0 Å². The van der Waals surface area contributed by atoms with Crippen molar-refractivity contribution in [2.45, 2.75) is 6.42 Å². The molecule has 1 aromatic rings. The van der Waals surface area contributed by atoms with Gasteiger partial charge in [0, 0.05) is 45.1 Å². The molecule has 0 atom stereocenters. The molecule has 6 heteroatoms. The van der Waals surface area contributed by atoms with Crippen LogP contribution in [0.3, 0.4) is 0 Å². The van der Waals surface area contributed by atoms with Crippen molar-refractivity contribution in [2.75, 3.05) is 51.7 Å². The molecule has 20 heavy (non-hydrogen) atoms. The Morgan fingerprint density at radius 3 is 3.00 bits per heavy atom. The van der Waals surface area contributed by atoms with Crippen LogP contribution in [-0.4, -0.2) is 72.2 Å². The Hall–Kier alpha value is -1.66. The summed E-state index contributed by atoms with van der Waals surface area (Å²) in [7, 11) is 1.82. The molecule has 110 valence electrons. The van der Waals surface area contributed by atoms with E-state index in [1.165, 1.54) is 0 Å². The number of rotatable bonds is 4. The number of anilines is 1. The summed E-state index contributed by atoms with van der Waals surface area (Å²) >= 11 is 0. The molecule has 0 bridgehead atoms. The second-order valence-corrected chi connectivity index (χ2v) is 4.89. The number of aliphatic hydroxyl groups excluding tert-OH is 1. The predicted molar refractivity (Wildman–Crippen MR) is 77.8 cm³/mol. The third-order valence-corrected chi connectivity index (χ3v) is 3.56. The van der Waals surface area contributed by atoms with Crippen LogP contribution in [0.25, 0.3) is 0 Å². The van der Waals surface area contributed by atoms with Crippen molar-refractivity contribution >= 4 is 11.6 Å². The minimum atomic E-state index is -0.0204. The first-order chi connectivity index (χ1) is 9.74. The molecule has 0 radical (unpaired) electrons. The van der Waals surface area contributed by atoms with E-state index in [-0.39, 0.29) is 12.5 Å². The number of hydrogen-bond donors (Lipinski definition) is 2. The van der Waals surface area contributed by atoms with E-state index in [1.54, 1.807) is 12.3 Å². The van der Waals surface area contributed by atoms with Gasteiger partial charge in [0.15, 0.2) is 0 Å². The van der Waals surface area contributed by atoms with Crippen molar-refractivity contribution in [3.8, 4) is 0 Å². The Morgan fingerprint density at radius 2 is 2.25 bits per heavy atom. The first-order valence-electron chi connectivity index (χ1n) is 7.01. The van der Waals surface area contributed by atoms with E-state index in [0.717, 1.165) is 31.7 Å². The highest BCUT2D eigenvalue weighted by molar-refractivity contribution is 5.93. The van der Waals surface area contributed by atoms with Gasteiger partial charge in [-0.25, -0.2) is 0 Å². The van der Waals surface area contributed by atoms with Gasteiger partial charge in [-0.15, -0.1) is 0 Å². The van der Waals surface area contributed by atoms with E-state index in [4.69, 9.17) is 5.11 Å². The van der Waals surface area contributed by atoms with Crippen LogP contribution in [-0.2, 0) is 0 Å². The Labute approximate surface area is 119 Å². The summed E-state index contributed by atoms with van der Waals surface area (Å²) in [6.07, 6.45) is 2.58. The lowest BCUT2D eigenvalue weighted by molar-refractivity contribution is 0.0754. The fourth-order valence-electron chi connectivity index (χ4n) is 2.40. The number of nitrogens with zero attached hydrogens (tertiary/aromatic N) is 3. The van der Waals surface area contributed by atoms with Crippen molar-refractivity contribution in [1.82, 2.24) is 14.8 Å². The first kappa shape index (κ1) is 14.7. The van der Waals surface area contributed by atoms with E-state index >= 15 is 0 Å². The number of hydrogen-bond acceptors (Lipinski definition) is 5. The molecule has 0 spiro atoms. The zero-order chi connectivity index (χ0) is 14.4. The van der Waals surface area contributed by atoms with Gasteiger partial charge in [0.25, 0.3) is 5.91 Å². The van der Waals surface area contributed by atoms with Gasteiger partial charge in [-0.2, -0.15) is 0 Å². The summed E-state index contributed by atoms with van der Waals surface area (Å²) < 4.78 is 0. The molecule has 1 aliphatic heterocycles. The number of nitrogens with one attached hydrogen (secondary N) is 1. The fourth-order valence-corrected chi connectivity index (χ4v) is 2.40. The maximum atomic E-state index is 12.5. The highest BCUT2D eigenvalue weighted by atomic mass is 16.3. The van der Waals surface area contributed by atoms with Crippen LogP contribution < -0.4 is 5.32 Å². The Balaban J connectivity index is 2.01. The molecule has 0 aliphatic carbocycles. The zero-order valence-electron chi connectivity index (χ0n) is 11.9. The molecule has 2 heterocycles. The number of amides is 1. The van der Waals surface area contributed by atoms with Crippen LogP contribution in [0.5, 0.6) is 0 Å². The molecule has 1 amide bonds. The van der Waals surface area contributed by atoms with Gasteiger partial charge in [-0.05, 0) is 25.1 Å². The second-order valence-electron chi connectivity index (χ2n) is 4.89. The monoisotopic (exact) mass is 278 g/mol. The quantitative estimate of drug-likeness (QED) is 0.827. The summed E-state index contributed by atoms with van der Waals surface area (Å²) in [6.45, 7) is 4.00. The third kappa shape index (κ3) is 3.68. The minimum Gasteiger partial charge on any atom is -0.395 e. The molecule has 1 saturated heterocycles. The maximum Gasteiger partial charge on any atom is 0.272 e. The van der Waals surface area contributed by atoms with E-state index < -0.39 is 0 Å². The Bertz CT molecular complexity index is 453. The number of β-amino-alcohol motifs (C(OH)–C–C–N with tert-alkyl or cyclic N) is 1. The number of carbonyl (C=O) groups is 1. The number of pyridine rings is 1. The molecule has 1 aliphatic rings. The lowest BCUT2D eigenvalue weighted by Crippen LogP contribution is -2.36. The normalized spacial score (nSPS) is 16.8. The minimum absolute atomic E-state index is 0.0204. The molecule has 0 unspecified atom stereocenters.